The van der Waals surface area contributed by atoms with E-state index in [9.17, 15) is 9.59 Å². The lowest BCUT2D eigenvalue weighted by Crippen LogP contribution is -2.31. The van der Waals surface area contributed by atoms with Crippen molar-refractivity contribution < 1.29 is 14.3 Å². The molecule has 0 aliphatic heterocycles. The van der Waals surface area contributed by atoms with E-state index >= 15 is 0 Å². The van der Waals surface area contributed by atoms with Gasteiger partial charge < -0.3 is 10.1 Å². The van der Waals surface area contributed by atoms with Crippen molar-refractivity contribution in [2.75, 3.05) is 0 Å². The molecular formula is C20H23NO3. The van der Waals surface area contributed by atoms with E-state index in [0.29, 0.717) is 5.56 Å². The molecule has 1 amide bonds. The Morgan fingerprint density at radius 2 is 1.62 bits per heavy atom. The van der Waals surface area contributed by atoms with E-state index in [1.807, 2.05) is 49.4 Å². The van der Waals surface area contributed by atoms with Crippen LogP contribution in [0.3, 0.4) is 0 Å². The Morgan fingerprint density at radius 1 is 1.00 bits per heavy atom. The predicted octanol–water partition coefficient (Wildman–Crippen LogP) is 3.81. The topological polar surface area (TPSA) is 55.4 Å². The van der Waals surface area contributed by atoms with E-state index in [0.717, 1.165) is 11.1 Å². The number of aryl methyl sites for hydroxylation is 1. The molecule has 2 aromatic carbocycles. The number of carbonyl (C=O) groups is 2. The van der Waals surface area contributed by atoms with Gasteiger partial charge in [0.15, 0.2) is 0 Å². The van der Waals surface area contributed by atoms with Crippen LogP contribution in [-0.2, 0) is 9.53 Å². The van der Waals surface area contributed by atoms with Crippen molar-refractivity contribution in [2.45, 2.75) is 39.3 Å². The van der Waals surface area contributed by atoms with Gasteiger partial charge in [0.1, 0.15) is 0 Å². The summed E-state index contributed by atoms with van der Waals surface area (Å²) in [6, 6.07) is 16.3. The molecule has 1 unspecified atom stereocenters. The van der Waals surface area contributed by atoms with Gasteiger partial charge in [-0.25, -0.2) is 0 Å². The van der Waals surface area contributed by atoms with Crippen LogP contribution >= 0.6 is 0 Å². The summed E-state index contributed by atoms with van der Waals surface area (Å²) < 4.78 is 5.22. The molecule has 4 heteroatoms. The van der Waals surface area contributed by atoms with E-state index < -0.39 is 6.04 Å². The Kier molecular flexibility index (Phi) is 6.13. The number of amides is 1. The van der Waals surface area contributed by atoms with Crippen molar-refractivity contribution in [3.05, 3.63) is 71.3 Å². The number of rotatable bonds is 6. The number of nitrogens with one attached hydrogen (secondary N) is 1. The maximum Gasteiger partial charge on any atom is 0.308 e. The average molecular weight is 325 g/mol. The van der Waals surface area contributed by atoms with Crippen molar-refractivity contribution in [2.24, 2.45) is 0 Å². The standard InChI is InChI=1S/C20H23NO3/c1-14(2)24-19(22)13-18(16-11-9-15(3)10-12-16)21-20(23)17-7-5-4-6-8-17/h4-12,14,18H,13H2,1-3H3,(H,21,23). The highest BCUT2D eigenvalue weighted by Crippen LogP contribution is 2.19. The molecule has 24 heavy (non-hydrogen) atoms. The van der Waals surface area contributed by atoms with Crippen LogP contribution < -0.4 is 5.32 Å². The Morgan fingerprint density at radius 3 is 2.21 bits per heavy atom. The Hall–Kier alpha value is -2.62. The van der Waals surface area contributed by atoms with Crippen LogP contribution in [0.25, 0.3) is 0 Å². The van der Waals surface area contributed by atoms with Crippen LogP contribution in [-0.4, -0.2) is 18.0 Å². The third-order valence-corrected chi connectivity index (χ3v) is 3.56. The predicted molar refractivity (Wildman–Crippen MR) is 93.7 cm³/mol. The summed E-state index contributed by atoms with van der Waals surface area (Å²) in [5.41, 5.74) is 2.56. The van der Waals surface area contributed by atoms with Gasteiger partial charge in [0.25, 0.3) is 5.91 Å². The summed E-state index contributed by atoms with van der Waals surface area (Å²) in [4.78, 5) is 24.5. The molecule has 0 fully saturated rings. The molecule has 0 bridgehead atoms. The van der Waals surface area contributed by atoms with Crippen molar-refractivity contribution in [1.82, 2.24) is 5.32 Å². The fraction of sp³-hybridized carbons (Fsp3) is 0.300. The van der Waals surface area contributed by atoms with Crippen LogP contribution in [0.5, 0.6) is 0 Å². The zero-order valence-corrected chi connectivity index (χ0v) is 14.3. The summed E-state index contributed by atoms with van der Waals surface area (Å²) in [6.07, 6.45) is -0.0826. The zero-order chi connectivity index (χ0) is 17.5. The highest BCUT2D eigenvalue weighted by molar-refractivity contribution is 5.94. The molecule has 2 rings (SSSR count). The van der Waals surface area contributed by atoms with Crippen LogP contribution in [0.4, 0.5) is 0 Å². The average Bonchev–Trinajstić information content (AvgIpc) is 2.55. The van der Waals surface area contributed by atoms with E-state index in [1.165, 1.54) is 0 Å². The molecule has 0 aliphatic rings. The monoisotopic (exact) mass is 325 g/mol. The van der Waals surface area contributed by atoms with Gasteiger partial charge in [-0.15, -0.1) is 0 Å². The minimum atomic E-state index is -0.426. The van der Waals surface area contributed by atoms with Crippen LogP contribution in [0, 0.1) is 6.92 Å². The minimum absolute atomic E-state index is 0.0970. The van der Waals surface area contributed by atoms with E-state index in [4.69, 9.17) is 4.74 Å². The highest BCUT2D eigenvalue weighted by atomic mass is 16.5. The summed E-state index contributed by atoms with van der Waals surface area (Å²) >= 11 is 0. The number of benzene rings is 2. The number of hydrogen-bond acceptors (Lipinski definition) is 3. The fourth-order valence-corrected chi connectivity index (χ4v) is 2.36. The van der Waals surface area contributed by atoms with E-state index in [1.54, 1.807) is 26.0 Å². The fourth-order valence-electron chi connectivity index (χ4n) is 2.36. The quantitative estimate of drug-likeness (QED) is 0.822. The molecular weight excluding hydrogens is 302 g/mol. The summed E-state index contributed by atoms with van der Waals surface area (Å²) in [7, 11) is 0. The first-order valence-electron chi connectivity index (χ1n) is 8.07. The summed E-state index contributed by atoms with van der Waals surface area (Å²) in [5.74, 6) is -0.539. The first-order chi connectivity index (χ1) is 11.5. The van der Waals surface area contributed by atoms with Crippen LogP contribution in [0.2, 0.25) is 0 Å². The second-order valence-electron chi connectivity index (χ2n) is 6.05. The lowest BCUT2D eigenvalue weighted by molar-refractivity contribution is -0.147. The van der Waals surface area contributed by atoms with Crippen LogP contribution in [0.15, 0.2) is 54.6 Å². The Balaban J connectivity index is 2.17. The molecule has 2 aromatic rings. The lowest BCUT2D eigenvalue weighted by atomic mass is 10.0. The van der Waals surface area contributed by atoms with Gasteiger partial charge in [0.2, 0.25) is 0 Å². The molecule has 0 heterocycles. The van der Waals surface area contributed by atoms with Gasteiger partial charge >= 0.3 is 5.97 Å². The Bertz CT molecular complexity index is 678. The number of esters is 1. The number of ether oxygens (including phenoxy) is 1. The number of carbonyl (C=O) groups excluding carboxylic acids is 2. The number of hydrogen-bond donors (Lipinski definition) is 1. The first kappa shape index (κ1) is 17.7. The van der Waals surface area contributed by atoms with Gasteiger partial charge in [-0.3, -0.25) is 9.59 Å². The van der Waals surface area contributed by atoms with Crippen molar-refractivity contribution in [3.63, 3.8) is 0 Å². The van der Waals surface area contributed by atoms with Gasteiger partial charge in [-0.2, -0.15) is 0 Å². The summed E-state index contributed by atoms with van der Waals surface area (Å²) in [6.45, 7) is 5.61. The smallest absolute Gasteiger partial charge is 0.308 e. The molecule has 0 aliphatic carbocycles. The third-order valence-electron chi connectivity index (χ3n) is 3.56. The van der Waals surface area contributed by atoms with E-state index in [2.05, 4.69) is 5.32 Å². The molecule has 1 atom stereocenters. The second-order valence-corrected chi connectivity index (χ2v) is 6.05. The summed E-state index contributed by atoms with van der Waals surface area (Å²) in [5, 5.41) is 2.93. The zero-order valence-electron chi connectivity index (χ0n) is 14.3. The van der Waals surface area contributed by atoms with E-state index in [-0.39, 0.29) is 24.4 Å². The molecule has 0 aromatic heterocycles. The van der Waals surface area contributed by atoms with Crippen molar-refractivity contribution >= 4 is 11.9 Å². The third kappa shape index (κ3) is 5.23. The largest absolute Gasteiger partial charge is 0.463 e. The van der Waals surface area contributed by atoms with Crippen LogP contribution in [0.1, 0.15) is 47.8 Å². The molecule has 4 nitrogen and oxygen atoms in total. The maximum absolute atomic E-state index is 12.4. The van der Waals surface area contributed by atoms with Gasteiger partial charge in [0, 0.05) is 5.56 Å². The maximum atomic E-state index is 12.4. The second kappa shape index (κ2) is 8.29. The molecule has 0 spiro atoms. The molecule has 1 N–H and O–H groups in total. The SMILES string of the molecule is Cc1ccc(C(CC(=O)OC(C)C)NC(=O)c2ccccc2)cc1. The first-order valence-corrected chi connectivity index (χ1v) is 8.07. The lowest BCUT2D eigenvalue weighted by Gasteiger charge is -2.19. The van der Waals surface area contributed by atoms with Crippen molar-refractivity contribution in [1.29, 1.82) is 0 Å². The van der Waals surface area contributed by atoms with Crippen molar-refractivity contribution in [3.8, 4) is 0 Å². The van der Waals surface area contributed by atoms with Gasteiger partial charge in [0.05, 0.1) is 18.6 Å². The highest BCUT2D eigenvalue weighted by Gasteiger charge is 2.20. The molecule has 0 saturated heterocycles. The Labute approximate surface area is 142 Å². The normalized spacial score (nSPS) is 11.8. The molecule has 0 radical (unpaired) electrons. The van der Waals surface area contributed by atoms with Gasteiger partial charge in [-0.1, -0.05) is 48.0 Å². The minimum Gasteiger partial charge on any atom is -0.463 e. The molecule has 126 valence electrons. The molecule has 0 saturated carbocycles. The van der Waals surface area contributed by atoms with Gasteiger partial charge in [-0.05, 0) is 38.5 Å².